The summed E-state index contributed by atoms with van der Waals surface area (Å²) in [5.41, 5.74) is 0.621. The third kappa shape index (κ3) is 3.55. The summed E-state index contributed by atoms with van der Waals surface area (Å²) in [6.45, 7) is 3.67. The third-order valence-corrected chi connectivity index (χ3v) is 1.87. The van der Waals surface area contributed by atoms with Crippen molar-refractivity contribution in [2.45, 2.75) is 6.92 Å². The predicted octanol–water partition coefficient (Wildman–Crippen LogP) is 2.04. The average Bonchev–Trinajstić information content (AvgIpc) is 2.25. The molecule has 0 spiro atoms. The fourth-order valence-corrected chi connectivity index (χ4v) is 1.18. The SMILES string of the molecule is CCOCCNc1ccccc1[N+](=O)[O-]. The van der Waals surface area contributed by atoms with Crippen LogP contribution in [0.2, 0.25) is 0 Å². The molecule has 0 amide bonds. The highest BCUT2D eigenvalue weighted by Crippen LogP contribution is 2.22. The summed E-state index contributed by atoms with van der Waals surface area (Å²) in [5.74, 6) is 0. The summed E-state index contributed by atoms with van der Waals surface area (Å²) in [5, 5.41) is 13.6. The standard InChI is InChI=1S/C10H14N2O3/c1-2-15-8-7-11-9-5-3-4-6-10(9)12(13)14/h3-6,11H,2,7-8H2,1H3. The molecular formula is C10H14N2O3. The maximum Gasteiger partial charge on any atom is 0.292 e. The summed E-state index contributed by atoms with van der Waals surface area (Å²) < 4.78 is 5.12. The second-order valence-electron chi connectivity index (χ2n) is 2.90. The van der Waals surface area contributed by atoms with E-state index in [9.17, 15) is 10.1 Å². The van der Waals surface area contributed by atoms with Gasteiger partial charge in [-0.05, 0) is 13.0 Å². The lowest BCUT2D eigenvalue weighted by Gasteiger charge is -2.06. The monoisotopic (exact) mass is 210 g/mol. The van der Waals surface area contributed by atoms with E-state index in [0.717, 1.165) is 0 Å². The molecule has 15 heavy (non-hydrogen) atoms. The van der Waals surface area contributed by atoms with Gasteiger partial charge < -0.3 is 10.1 Å². The fraction of sp³-hybridized carbons (Fsp3) is 0.400. The van der Waals surface area contributed by atoms with E-state index in [2.05, 4.69) is 5.32 Å². The van der Waals surface area contributed by atoms with Gasteiger partial charge in [-0.2, -0.15) is 0 Å². The highest BCUT2D eigenvalue weighted by molar-refractivity contribution is 5.60. The molecule has 82 valence electrons. The molecule has 5 nitrogen and oxygen atoms in total. The zero-order chi connectivity index (χ0) is 11.1. The number of benzene rings is 1. The molecule has 0 unspecified atom stereocenters. The molecule has 0 aliphatic carbocycles. The molecule has 1 N–H and O–H groups in total. The third-order valence-electron chi connectivity index (χ3n) is 1.87. The van der Waals surface area contributed by atoms with E-state index in [1.54, 1.807) is 18.2 Å². The minimum Gasteiger partial charge on any atom is -0.380 e. The van der Waals surface area contributed by atoms with E-state index in [1.807, 2.05) is 6.92 Å². The zero-order valence-corrected chi connectivity index (χ0v) is 8.60. The van der Waals surface area contributed by atoms with Crippen LogP contribution in [0.15, 0.2) is 24.3 Å². The number of rotatable bonds is 6. The van der Waals surface area contributed by atoms with E-state index in [1.165, 1.54) is 6.07 Å². The summed E-state index contributed by atoms with van der Waals surface area (Å²) in [6.07, 6.45) is 0. The summed E-state index contributed by atoms with van der Waals surface area (Å²) in [4.78, 5) is 10.2. The van der Waals surface area contributed by atoms with Crippen LogP contribution in [0.4, 0.5) is 11.4 Å². The lowest BCUT2D eigenvalue weighted by atomic mass is 10.2. The van der Waals surface area contributed by atoms with Crippen LogP contribution < -0.4 is 5.32 Å². The molecule has 0 atom stereocenters. The maximum absolute atomic E-state index is 10.6. The van der Waals surface area contributed by atoms with Crippen molar-refractivity contribution in [3.8, 4) is 0 Å². The Morgan fingerprint density at radius 1 is 1.47 bits per heavy atom. The Morgan fingerprint density at radius 3 is 2.87 bits per heavy atom. The number of nitro benzene ring substituents is 1. The van der Waals surface area contributed by atoms with Crippen LogP contribution in [0.3, 0.4) is 0 Å². The van der Waals surface area contributed by atoms with Crippen LogP contribution in [-0.2, 0) is 4.74 Å². The largest absolute Gasteiger partial charge is 0.380 e. The molecule has 0 aromatic heterocycles. The number of nitrogens with zero attached hydrogens (tertiary/aromatic N) is 1. The van der Waals surface area contributed by atoms with Crippen LogP contribution in [0.1, 0.15) is 6.92 Å². The van der Waals surface area contributed by atoms with E-state index in [0.29, 0.717) is 25.4 Å². The van der Waals surface area contributed by atoms with Gasteiger partial charge in [0.2, 0.25) is 0 Å². The Bertz CT molecular complexity index is 328. The van der Waals surface area contributed by atoms with Crippen molar-refractivity contribution >= 4 is 11.4 Å². The Kier molecular flexibility index (Phi) is 4.56. The van der Waals surface area contributed by atoms with E-state index in [-0.39, 0.29) is 5.69 Å². The van der Waals surface area contributed by atoms with Gasteiger partial charge in [0.1, 0.15) is 5.69 Å². The Labute approximate surface area is 88.2 Å². The molecule has 5 heteroatoms. The van der Waals surface area contributed by atoms with Crippen LogP contribution in [0.25, 0.3) is 0 Å². The first kappa shape index (κ1) is 11.5. The number of anilines is 1. The number of hydrogen-bond acceptors (Lipinski definition) is 4. The number of para-hydroxylation sites is 2. The van der Waals surface area contributed by atoms with Crippen molar-refractivity contribution in [2.24, 2.45) is 0 Å². The predicted molar refractivity (Wildman–Crippen MR) is 58.1 cm³/mol. The van der Waals surface area contributed by atoms with Gasteiger partial charge in [0.25, 0.3) is 5.69 Å². The van der Waals surface area contributed by atoms with Gasteiger partial charge in [0, 0.05) is 19.2 Å². The summed E-state index contributed by atoms with van der Waals surface area (Å²) >= 11 is 0. The van der Waals surface area contributed by atoms with Crippen molar-refractivity contribution in [1.82, 2.24) is 0 Å². The molecular weight excluding hydrogens is 196 g/mol. The van der Waals surface area contributed by atoms with Gasteiger partial charge in [0.15, 0.2) is 0 Å². The minimum atomic E-state index is -0.400. The molecule has 1 rings (SSSR count). The molecule has 0 saturated carbocycles. The van der Waals surface area contributed by atoms with Crippen molar-refractivity contribution in [3.63, 3.8) is 0 Å². The number of nitro groups is 1. The molecule has 0 bridgehead atoms. The van der Waals surface area contributed by atoms with Gasteiger partial charge >= 0.3 is 0 Å². The van der Waals surface area contributed by atoms with Crippen LogP contribution in [0.5, 0.6) is 0 Å². The minimum absolute atomic E-state index is 0.0917. The average molecular weight is 210 g/mol. The van der Waals surface area contributed by atoms with E-state index in [4.69, 9.17) is 4.74 Å². The lowest BCUT2D eigenvalue weighted by molar-refractivity contribution is -0.384. The first-order valence-electron chi connectivity index (χ1n) is 4.80. The van der Waals surface area contributed by atoms with Gasteiger partial charge in [-0.15, -0.1) is 0 Å². The Hall–Kier alpha value is -1.62. The lowest BCUT2D eigenvalue weighted by Crippen LogP contribution is -2.10. The summed E-state index contributed by atoms with van der Waals surface area (Å²) in [7, 11) is 0. The number of ether oxygens (including phenoxy) is 1. The molecule has 0 aliphatic rings. The molecule has 1 aromatic carbocycles. The first-order valence-corrected chi connectivity index (χ1v) is 4.80. The molecule has 0 fully saturated rings. The van der Waals surface area contributed by atoms with Gasteiger partial charge in [-0.3, -0.25) is 10.1 Å². The Morgan fingerprint density at radius 2 is 2.20 bits per heavy atom. The van der Waals surface area contributed by atoms with E-state index >= 15 is 0 Å². The Balaban J connectivity index is 2.56. The molecule has 1 aromatic rings. The number of nitrogens with one attached hydrogen (secondary N) is 1. The van der Waals surface area contributed by atoms with Crippen molar-refractivity contribution in [2.75, 3.05) is 25.1 Å². The van der Waals surface area contributed by atoms with Crippen LogP contribution in [0, 0.1) is 10.1 Å². The first-order chi connectivity index (χ1) is 7.25. The quantitative estimate of drug-likeness (QED) is 0.443. The summed E-state index contributed by atoms with van der Waals surface area (Å²) in [6, 6.07) is 6.56. The van der Waals surface area contributed by atoms with Crippen LogP contribution in [-0.4, -0.2) is 24.7 Å². The maximum atomic E-state index is 10.6. The van der Waals surface area contributed by atoms with Crippen molar-refractivity contribution in [3.05, 3.63) is 34.4 Å². The van der Waals surface area contributed by atoms with E-state index < -0.39 is 4.92 Å². The number of hydrogen-bond donors (Lipinski definition) is 1. The normalized spacial score (nSPS) is 9.93. The molecule has 0 heterocycles. The molecule has 0 aliphatic heterocycles. The molecule has 0 radical (unpaired) electrons. The second kappa shape index (κ2) is 5.98. The van der Waals surface area contributed by atoms with Crippen molar-refractivity contribution in [1.29, 1.82) is 0 Å². The fourth-order valence-electron chi connectivity index (χ4n) is 1.18. The highest BCUT2D eigenvalue weighted by Gasteiger charge is 2.10. The van der Waals surface area contributed by atoms with Gasteiger partial charge in [0.05, 0.1) is 11.5 Å². The van der Waals surface area contributed by atoms with Gasteiger partial charge in [-0.25, -0.2) is 0 Å². The highest BCUT2D eigenvalue weighted by atomic mass is 16.6. The smallest absolute Gasteiger partial charge is 0.292 e. The second-order valence-corrected chi connectivity index (χ2v) is 2.90. The van der Waals surface area contributed by atoms with Crippen molar-refractivity contribution < 1.29 is 9.66 Å². The molecule has 0 saturated heterocycles. The van der Waals surface area contributed by atoms with Gasteiger partial charge in [-0.1, -0.05) is 12.1 Å². The zero-order valence-electron chi connectivity index (χ0n) is 8.60. The topological polar surface area (TPSA) is 64.4 Å². The van der Waals surface area contributed by atoms with Crippen LogP contribution >= 0.6 is 0 Å².